The van der Waals surface area contributed by atoms with Gasteiger partial charge in [-0.25, -0.2) is 0 Å². The van der Waals surface area contributed by atoms with Crippen molar-refractivity contribution in [2.24, 2.45) is 11.7 Å². The van der Waals surface area contributed by atoms with E-state index in [0.29, 0.717) is 18.9 Å². The van der Waals surface area contributed by atoms with Crippen LogP contribution in [0.5, 0.6) is 5.75 Å². The minimum atomic E-state index is -0.418. The molecular formula is C15H22N2O2. The first-order valence-corrected chi connectivity index (χ1v) is 6.85. The molecule has 104 valence electrons. The lowest BCUT2D eigenvalue weighted by Crippen LogP contribution is -2.46. The molecule has 4 nitrogen and oxygen atoms in total. The van der Waals surface area contributed by atoms with Crippen LogP contribution in [0.25, 0.3) is 0 Å². The van der Waals surface area contributed by atoms with Crippen molar-refractivity contribution in [2.75, 3.05) is 6.54 Å². The van der Waals surface area contributed by atoms with Crippen molar-refractivity contribution in [2.45, 2.75) is 38.8 Å². The smallest absolute Gasteiger partial charge is 0.261 e. The first-order valence-electron chi connectivity index (χ1n) is 6.85. The largest absolute Gasteiger partial charge is 0.480 e. The fourth-order valence-electron chi connectivity index (χ4n) is 2.41. The molecule has 1 heterocycles. The minimum absolute atomic E-state index is 0.0276. The topological polar surface area (TPSA) is 64.3 Å². The van der Waals surface area contributed by atoms with E-state index >= 15 is 0 Å². The standard InChI is InChI=1S/C15H22N2O2/c1-10(2)7-12(9-16)17-15(18)14-8-11-5-3-4-6-13(11)19-14/h3-6,10,12,14H,7-9,16H2,1-2H3,(H,17,18). The van der Waals surface area contributed by atoms with E-state index < -0.39 is 6.10 Å². The summed E-state index contributed by atoms with van der Waals surface area (Å²) in [5, 5.41) is 2.99. The molecule has 0 aliphatic carbocycles. The van der Waals surface area contributed by atoms with E-state index in [1.165, 1.54) is 0 Å². The van der Waals surface area contributed by atoms with Crippen molar-refractivity contribution in [3.63, 3.8) is 0 Å². The molecule has 3 N–H and O–H groups in total. The van der Waals surface area contributed by atoms with Gasteiger partial charge in [0.15, 0.2) is 6.10 Å². The van der Waals surface area contributed by atoms with Crippen molar-refractivity contribution < 1.29 is 9.53 Å². The van der Waals surface area contributed by atoms with Crippen molar-refractivity contribution >= 4 is 5.91 Å². The Labute approximate surface area is 114 Å². The average Bonchev–Trinajstić information content (AvgIpc) is 2.81. The predicted molar refractivity (Wildman–Crippen MR) is 75.0 cm³/mol. The van der Waals surface area contributed by atoms with Crippen LogP contribution >= 0.6 is 0 Å². The van der Waals surface area contributed by atoms with Crippen LogP contribution in [0, 0.1) is 5.92 Å². The lowest BCUT2D eigenvalue weighted by atomic mass is 10.0. The number of nitrogens with two attached hydrogens (primary N) is 1. The number of ether oxygens (including phenoxy) is 1. The summed E-state index contributed by atoms with van der Waals surface area (Å²) in [5.74, 6) is 1.26. The highest BCUT2D eigenvalue weighted by Crippen LogP contribution is 2.28. The van der Waals surface area contributed by atoms with Gasteiger partial charge in [0.25, 0.3) is 5.91 Å². The van der Waals surface area contributed by atoms with E-state index in [2.05, 4.69) is 19.2 Å². The summed E-state index contributed by atoms with van der Waals surface area (Å²) < 4.78 is 5.67. The quantitative estimate of drug-likeness (QED) is 0.845. The van der Waals surface area contributed by atoms with E-state index in [1.54, 1.807) is 0 Å². The molecule has 1 aromatic rings. The molecule has 1 amide bonds. The number of hydrogen-bond acceptors (Lipinski definition) is 3. The molecule has 0 bridgehead atoms. The van der Waals surface area contributed by atoms with E-state index in [4.69, 9.17) is 10.5 Å². The monoisotopic (exact) mass is 262 g/mol. The van der Waals surface area contributed by atoms with Crippen LogP contribution in [0.4, 0.5) is 0 Å². The minimum Gasteiger partial charge on any atom is -0.480 e. The number of carbonyl (C=O) groups is 1. The third-order valence-corrected chi connectivity index (χ3v) is 3.33. The maximum absolute atomic E-state index is 12.2. The van der Waals surface area contributed by atoms with Gasteiger partial charge in [0.1, 0.15) is 5.75 Å². The summed E-state index contributed by atoms with van der Waals surface area (Å²) in [5.41, 5.74) is 6.79. The summed E-state index contributed by atoms with van der Waals surface area (Å²) >= 11 is 0. The van der Waals surface area contributed by atoms with Gasteiger partial charge in [0.2, 0.25) is 0 Å². The molecule has 4 heteroatoms. The number of hydrogen-bond donors (Lipinski definition) is 2. The summed E-state index contributed by atoms with van der Waals surface area (Å²) in [7, 11) is 0. The Bertz CT molecular complexity index is 421. The lowest BCUT2D eigenvalue weighted by molar-refractivity contribution is -0.128. The maximum Gasteiger partial charge on any atom is 0.261 e. The van der Waals surface area contributed by atoms with Gasteiger partial charge in [0, 0.05) is 19.0 Å². The summed E-state index contributed by atoms with van der Waals surface area (Å²) in [6.07, 6.45) is 1.11. The van der Waals surface area contributed by atoms with Crippen molar-refractivity contribution in [3.8, 4) is 5.75 Å². The molecular weight excluding hydrogens is 240 g/mol. The van der Waals surface area contributed by atoms with Gasteiger partial charge < -0.3 is 15.8 Å². The van der Waals surface area contributed by atoms with Crippen LogP contribution in [0.3, 0.4) is 0 Å². The third-order valence-electron chi connectivity index (χ3n) is 3.33. The number of rotatable bonds is 5. The van der Waals surface area contributed by atoms with Gasteiger partial charge in [-0.2, -0.15) is 0 Å². The highest BCUT2D eigenvalue weighted by Gasteiger charge is 2.29. The number of nitrogens with one attached hydrogen (secondary N) is 1. The Morgan fingerprint density at radius 2 is 2.21 bits per heavy atom. The highest BCUT2D eigenvalue weighted by atomic mass is 16.5. The fourth-order valence-corrected chi connectivity index (χ4v) is 2.41. The summed E-state index contributed by atoms with van der Waals surface area (Å²) in [6.45, 7) is 4.71. The molecule has 0 spiro atoms. The van der Waals surface area contributed by atoms with Crippen LogP contribution in [0.15, 0.2) is 24.3 Å². The first kappa shape index (κ1) is 13.9. The van der Waals surface area contributed by atoms with E-state index in [9.17, 15) is 4.79 Å². The molecule has 0 fully saturated rings. The molecule has 0 aromatic heterocycles. The molecule has 2 atom stereocenters. The Balaban J connectivity index is 1.92. The fraction of sp³-hybridized carbons (Fsp3) is 0.533. The normalized spacial score (nSPS) is 18.8. The van der Waals surface area contributed by atoms with Crippen LogP contribution in [-0.2, 0) is 11.2 Å². The molecule has 2 rings (SSSR count). The van der Waals surface area contributed by atoms with E-state index in [-0.39, 0.29) is 11.9 Å². The number of carbonyl (C=O) groups excluding carboxylic acids is 1. The van der Waals surface area contributed by atoms with Crippen molar-refractivity contribution in [1.29, 1.82) is 0 Å². The molecule has 1 aliphatic rings. The number of benzene rings is 1. The van der Waals surface area contributed by atoms with Gasteiger partial charge in [0.05, 0.1) is 0 Å². The van der Waals surface area contributed by atoms with Gasteiger partial charge in [-0.05, 0) is 24.0 Å². The molecule has 19 heavy (non-hydrogen) atoms. The second-order valence-electron chi connectivity index (χ2n) is 5.49. The zero-order chi connectivity index (χ0) is 13.8. The Hall–Kier alpha value is -1.55. The van der Waals surface area contributed by atoms with Gasteiger partial charge in [-0.3, -0.25) is 4.79 Å². The maximum atomic E-state index is 12.2. The summed E-state index contributed by atoms with van der Waals surface area (Å²) in [6, 6.07) is 7.80. The first-order chi connectivity index (χ1) is 9.10. The Morgan fingerprint density at radius 1 is 1.47 bits per heavy atom. The van der Waals surface area contributed by atoms with Crippen LogP contribution in [-0.4, -0.2) is 24.6 Å². The van der Waals surface area contributed by atoms with Crippen LogP contribution in [0.2, 0.25) is 0 Å². The number of para-hydroxylation sites is 1. The molecule has 1 aliphatic heterocycles. The summed E-state index contributed by atoms with van der Waals surface area (Å²) in [4.78, 5) is 12.2. The SMILES string of the molecule is CC(C)CC(CN)NC(=O)C1Cc2ccccc2O1. The number of amides is 1. The average molecular weight is 262 g/mol. The molecule has 0 saturated carbocycles. The second-order valence-corrected chi connectivity index (χ2v) is 5.49. The van der Waals surface area contributed by atoms with Crippen LogP contribution in [0.1, 0.15) is 25.8 Å². The Kier molecular flexibility index (Phi) is 4.43. The van der Waals surface area contributed by atoms with Crippen molar-refractivity contribution in [3.05, 3.63) is 29.8 Å². The highest BCUT2D eigenvalue weighted by molar-refractivity contribution is 5.82. The van der Waals surface area contributed by atoms with Crippen molar-refractivity contribution in [1.82, 2.24) is 5.32 Å². The third kappa shape index (κ3) is 3.47. The van der Waals surface area contributed by atoms with E-state index in [1.807, 2.05) is 24.3 Å². The van der Waals surface area contributed by atoms with Gasteiger partial charge in [-0.1, -0.05) is 32.0 Å². The predicted octanol–water partition coefficient (Wildman–Crippen LogP) is 1.48. The van der Waals surface area contributed by atoms with E-state index in [0.717, 1.165) is 17.7 Å². The molecule has 0 saturated heterocycles. The molecule has 1 aromatic carbocycles. The Morgan fingerprint density at radius 3 is 2.84 bits per heavy atom. The molecule has 2 unspecified atom stereocenters. The zero-order valence-corrected chi connectivity index (χ0v) is 11.6. The second kappa shape index (κ2) is 6.06. The van der Waals surface area contributed by atoms with Gasteiger partial charge >= 0.3 is 0 Å². The molecule has 0 radical (unpaired) electrons. The number of fused-ring (bicyclic) bond motifs is 1. The zero-order valence-electron chi connectivity index (χ0n) is 11.6. The van der Waals surface area contributed by atoms with Crippen LogP contribution < -0.4 is 15.8 Å². The lowest BCUT2D eigenvalue weighted by Gasteiger charge is -2.20. The van der Waals surface area contributed by atoms with Gasteiger partial charge in [-0.15, -0.1) is 0 Å².